The van der Waals surface area contributed by atoms with Crippen LogP contribution < -0.4 is 5.32 Å². The zero-order valence-electron chi connectivity index (χ0n) is 9.42. The van der Waals surface area contributed by atoms with Crippen molar-refractivity contribution in [3.8, 4) is 0 Å². The van der Waals surface area contributed by atoms with Crippen LogP contribution in [0, 0.1) is 0 Å². The molecule has 0 aliphatic rings. The number of hydrogen-bond donors (Lipinski definition) is 2. The zero-order chi connectivity index (χ0) is 14.9. The highest BCUT2D eigenvalue weighted by Crippen LogP contribution is 2.26. The lowest BCUT2D eigenvalue weighted by molar-refractivity contribution is -0.144. The van der Waals surface area contributed by atoms with Crippen molar-refractivity contribution in [2.45, 2.75) is 6.18 Å². The van der Waals surface area contributed by atoms with Gasteiger partial charge in [0.1, 0.15) is 0 Å². The van der Waals surface area contributed by atoms with Crippen LogP contribution in [0.5, 0.6) is 0 Å². The first-order chi connectivity index (χ1) is 9.27. The molecule has 10 heteroatoms. The molecular formula is C10H5BrClF3N4O. The number of halogens is 5. The third-order valence-electron chi connectivity index (χ3n) is 2.16. The Morgan fingerprint density at radius 2 is 2.10 bits per heavy atom. The van der Waals surface area contributed by atoms with Crippen LogP contribution in [0.15, 0.2) is 22.7 Å². The van der Waals surface area contributed by atoms with Crippen molar-refractivity contribution in [3.63, 3.8) is 0 Å². The number of H-pyrrole nitrogens is 1. The smallest absolute Gasteiger partial charge is 0.289 e. The Morgan fingerprint density at radius 1 is 1.40 bits per heavy atom. The number of nitrogens with zero attached hydrogens (tertiary/aromatic N) is 2. The summed E-state index contributed by atoms with van der Waals surface area (Å²) < 4.78 is 37.6. The fourth-order valence-electron chi connectivity index (χ4n) is 1.29. The molecule has 0 saturated heterocycles. The second-order valence-electron chi connectivity index (χ2n) is 3.58. The highest BCUT2D eigenvalue weighted by Gasteiger charge is 2.35. The van der Waals surface area contributed by atoms with Gasteiger partial charge in [-0.3, -0.25) is 15.2 Å². The number of anilines is 1. The second kappa shape index (κ2) is 5.41. The van der Waals surface area contributed by atoms with Gasteiger partial charge in [0.25, 0.3) is 5.91 Å². The number of alkyl halides is 3. The zero-order valence-corrected chi connectivity index (χ0v) is 11.8. The average molecular weight is 370 g/mol. The summed E-state index contributed by atoms with van der Waals surface area (Å²) in [4.78, 5) is 14.9. The molecule has 1 aromatic carbocycles. The molecule has 2 rings (SSSR count). The van der Waals surface area contributed by atoms with E-state index in [0.717, 1.165) is 0 Å². The van der Waals surface area contributed by atoms with Crippen molar-refractivity contribution in [3.05, 3.63) is 39.1 Å². The van der Waals surface area contributed by atoms with Crippen LogP contribution in [-0.4, -0.2) is 21.1 Å². The predicted molar refractivity (Wildman–Crippen MR) is 68.5 cm³/mol. The van der Waals surface area contributed by atoms with Crippen LogP contribution in [-0.2, 0) is 6.18 Å². The molecule has 1 amide bonds. The van der Waals surface area contributed by atoms with E-state index in [2.05, 4.69) is 31.3 Å². The van der Waals surface area contributed by atoms with E-state index in [4.69, 9.17) is 11.6 Å². The van der Waals surface area contributed by atoms with Crippen molar-refractivity contribution in [1.29, 1.82) is 0 Å². The number of benzene rings is 1. The molecular weight excluding hydrogens is 364 g/mol. The summed E-state index contributed by atoms with van der Waals surface area (Å²) in [6.07, 6.45) is -4.66. The van der Waals surface area contributed by atoms with E-state index in [1.807, 2.05) is 0 Å². The minimum atomic E-state index is -4.66. The Kier molecular flexibility index (Phi) is 4.00. The fraction of sp³-hybridized carbons (Fsp3) is 0.100. The van der Waals surface area contributed by atoms with Gasteiger partial charge in [0.15, 0.2) is 0 Å². The van der Waals surface area contributed by atoms with Crippen molar-refractivity contribution in [2.75, 3.05) is 5.32 Å². The van der Waals surface area contributed by atoms with Gasteiger partial charge in [-0.25, -0.2) is 0 Å². The number of rotatable bonds is 2. The molecule has 0 bridgehead atoms. The van der Waals surface area contributed by atoms with Gasteiger partial charge < -0.3 is 0 Å². The van der Waals surface area contributed by atoms with Gasteiger partial charge >= 0.3 is 6.18 Å². The molecule has 0 saturated carbocycles. The molecule has 2 N–H and O–H groups in total. The van der Waals surface area contributed by atoms with E-state index in [1.54, 1.807) is 11.2 Å². The van der Waals surface area contributed by atoms with Gasteiger partial charge in [-0.1, -0.05) is 27.5 Å². The molecule has 0 aliphatic heterocycles. The summed E-state index contributed by atoms with van der Waals surface area (Å²) in [6, 6.07) is 4.47. The first kappa shape index (κ1) is 14.8. The molecule has 0 unspecified atom stereocenters. The first-order valence-electron chi connectivity index (χ1n) is 5.03. The molecule has 1 heterocycles. The number of aromatic amines is 1. The first-order valence-corrected chi connectivity index (χ1v) is 6.20. The topological polar surface area (TPSA) is 70.7 Å². The summed E-state index contributed by atoms with van der Waals surface area (Å²) >= 11 is 9.02. The van der Waals surface area contributed by atoms with Crippen molar-refractivity contribution >= 4 is 39.4 Å². The summed E-state index contributed by atoms with van der Waals surface area (Å²) in [5.74, 6) is -2.49. The number of hydrogen-bond acceptors (Lipinski definition) is 3. The van der Waals surface area contributed by atoms with Crippen LogP contribution in [0.4, 0.5) is 19.1 Å². The quantitative estimate of drug-likeness (QED) is 0.851. The number of carbonyl (C=O) groups is 1. The summed E-state index contributed by atoms with van der Waals surface area (Å²) in [5.41, 5.74) is 0.0909. The summed E-state index contributed by atoms with van der Waals surface area (Å²) in [7, 11) is 0. The van der Waals surface area contributed by atoms with Crippen molar-refractivity contribution < 1.29 is 18.0 Å². The van der Waals surface area contributed by atoms with Crippen LogP contribution in [0.1, 0.15) is 16.2 Å². The molecule has 0 atom stereocenters. The lowest BCUT2D eigenvalue weighted by atomic mass is 10.2. The lowest BCUT2D eigenvalue weighted by Gasteiger charge is -2.03. The summed E-state index contributed by atoms with van der Waals surface area (Å²) in [5, 5.41) is 7.20. The predicted octanol–water partition coefficient (Wildman–Crippen LogP) is 3.49. The Hall–Kier alpha value is -1.61. The lowest BCUT2D eigenvalue weighted by Crippen LogP contribution is -2.14. The molecule has 5 nitrogen and oxygen atoms in total. The Bertz CT molecular complexity index is 658. The van der Waals surface area contributed by atoms with Gasteiger partial charge in [-0.05, 0) is 18.2 Å². The van der Waals surface area contributed by atoms with Gasteiger partial charge in [-0.2, -0.15) is 18.2 Å². The largest absolute Gasteiger partial charge is 0.451 e. The van der Waals surface area contributed by atoms with Gasteiger partial charge in [0.05, 0.1) is 10.6 Å². The number of nitrogens with one attached hydrogen (secondary N) is 2. The second-order valence-corrected chi connectivity index (χ2v) is 4.91. The van der Waals surface area contributed by atoms with E-state index in [-0.39, 0.29) is 10.6 Å². The molecule has 2 aromatic rings. The SMILES string of the molecule is O=C(Nc1n[nH]c(C(F)(F)F)n1)c1ccc(Br)cc1Cl. The number of aromatic nitrogens is 3. The molecule has 0 aliphatic carbocycles. The van der Waals surface area contributed by atoms with E-state index < -0.39 is 23.9 Å². The maximum absolute atomic E-state index is 12.3. The van der Waals surface area contributed by atoms with Crippen molar-refractivity contribution in [2.24, 2.45) is 0 Å². The minimum absolute atomic E-state index is 0.0909. The average Bonchev–Trinajstić information content (AvgIpc) is 2.76. The van der Waals surface area contributed by atoms with Crippen LogP contribution in [0.3, 0.4) is 0 Å². The van der Waals surface area contributed by atoms with Crippen molar-refractivity contribution in [1.82, 2.24) is 15.2 Å². The highest BCUT2D eigenvalue weighted by atomic mass is 79.9. The number of carbonyl (C=O) groups excluding carboxylic acids is 1. The van der Waals surface area contributed by atoms with E-state index in [1.165, 1.54) is 12.1 Å². The third kappa shape index (κ3) is 3.28. The molecule has 20 heavy (non-hydrogen) atoms. The summed E-state index contributed by atoms with van der Waals surface area (Å²) in [6.45, 7) is 0. The normalized spacial score (nSPS) is 11.4. The standard InChI is InChI=1S/C10H5BrClF3N4O/c11-4-1-2-5(6(12)3-4)7(20)16-9-17-8(18-19-9)10(13,14)15/h1-3H,(H2,16,17,18,19,20). The Balaban J connectivity index is 2.17. The molecule has 106 valence electrons. The van der Waals surface area contributed by atoms with Crippen LogP contribution >= 0.6 is 27.5 Å². The molecule has 0 spiro atoms. The van der Waals surface area contributed by atoms with Gasteiger partial charge in [0.2, 0.25) is 11.8 Å². The van der Waals surface area contributed by atoms with Gasteiger partial charge in [-0.15, -0.1) is 5.10 Å². The monoisotopic (exact) mass is 368 g/mol. The number of amides is 1. The van der Waals surface area contributed by atoms with E-state index in [9.17, 15) is 18.0 Å². The Morgan fingerprint density at radius 3 is 2.65 bits per heavy atom. The van der Waals surface area contributed by atoms with E-state index >= 15 is 0 Å². The van der Waals surface area contributed by atoms with Gasteiger partial charge in [0, 0.05) is 4.47 Å². The highest BCUT2D eigenvalue weighted by molar-refractivity contribution is 9.10. The van der Waals surface area contributed by atoms with E-state index in [0.29, 0.717) is 4.47 Å². The third-order valence-corrected chi connectivity index (χ3v) is 2.96. The maximum atomic E-state index is 12.3. The molecule has 0 fully saturated rings. The van der Waals surface area contributed by atoms with Crippen LogP contribution in [0.25, 0.3) is 0 Å². The Labute approximate surface area is 123 Å². The molecule has 0 radical (unpaired) electrons. The van der Waals surface area contributed by atoms with Crippen LogP contribution in [0.2, 0.25) is 5.02 Å². The maximum Gasteiger partial charge on any atom is 0.451 e. The molecule has 1 aromatic heterocycles. The minimum Gasteiger partial charge on any atom is -0.289 e. The fourth-order valence-corrected chi connectivity index (χ4v) is 2.05.